The number of carbonyl (C=O) groups is 1. The first-order valence-corrected chi connectivity index (χ1v) is 10.5. The molecule has 0 unspecified atom stereocenters. The van der Waals surface area contributed by atoms with Crippen LogP contribution in [-0.2, 0) is 16.0 Å². The molecular weight excluding hydrogens is 435 g/mol. The second-order valence-corrected chi connectivity index (χ2v) is 9.39. The third kappa shape index (κ3) is 3.79. The summed E-state index contributed by atoms with van der Waals surface area (Å²) in [6, 6.07) is 8.43. The third-order valence-corrected chi connectivity index (χ3v) is 5.76. The molecule has 3 aromatic rings. The quantitative estimate of drug-likeness (QED) is 0.490. The molecule has 0 bridgehead atoms. The predicted molar refractivity (Wildman–Crippen MR) is 127 cm³/mol. The van der Waals surface area contributed by atoms with Gasteiger partial charge in [0.25, 0.3) is 0 Å². The van der Waals surface area contributed by atoms with Crippen molar-refractivity contribution in [1.82, 2.24) is 4.57 Å². The summed E-state index contributed by atoms with van der Waals surface area (Å²) in [5.74, 6) is -1.20. The standard InChI is InChI=1S/C24H26Cl2N2O3/c1-13-18(22(23(29)30)31-24(2,3)4)19(14-6-8-15(25)9-7-14)16-12-17(26)28-11-10-27(5)20(13)21(16)28/h6-9,12,22H,10-11H2,1-5H3,(H,29,30)/t22-/m0/s1/i10D2,11D2. The predicted octanol–water partition coefficient (Wildman–Crippen LogP) is 6.31. The molecule has 0 spiro atoms. The summed E-state index contributed by atoms with van der Waals surface area (Å²) < 4.78 is 41.6. The Balaban J connectivity index is 2.24. The Hall–Kier alpha value is -2.21. The molecule has 4 rings (SSSR count). The summed E-state index contributed by atoms with van der Waals surface area (Å²) >= 11 is 12.7. The molecule has 2 heterocycles. The smallest absolute Gasteiger partial charge is 0.337 e. The summed E-state index contributed by atoms with van der Waals surface area (Å²) in [5, 5.41) is 11.3. The van der Waals surface area contributed by atoms with Crippen LogP contribution in [0.1, 0.15) is 43.5 Å². The molecular formula is C24H26Cl2N2O3. The molecule has 164 valence electrons. The minimum Gasteiger partial charge on any atom is -0.479 e. The number of ether oxygens (including phenoxy) is 1. The van der Waals surface area contributed by atoms with Gasteiger partial charge in [0, 0.05) is 36.0 Å². The highest BCUT2D eigenvalue weighted by atomic mass is 35.5. The van der Waals surface area contributed by atoms with E-state index in [2.05, 4.69) is 0 Å². The maximum atomic E-state index is 12.6. The van der Waals surface area contributed by atoms with Gasteiger partial charge in [0.15, 0.2) is 6.10 Å². The molecule has 0 saturated carbocycles. The zero-order valence-electron chi connectivity index (χ0n) is 21.9. The van der Waals surface area contributed by atoms with Gasteiger partial charge in [-0.05, 0) is 62.6 Å². The van der Waals surface area contributed by atoms with E-state index in [0.717, 1.165) is 4.57 Å². The largest absolute Gasteiger partial charge is 0.479 e. The second-order valence-electron chi connectivity index (χ2n) is 8.57. The first-order chi connectivity index (χ1) is 16.0. The number of hydrogen-bond acceptors (Lipinski definition) is 3. The Labute approximate surface area is 197 Å². The van der Waals surface area contributed by atoms with Crippen molar-refractivity contribution in [3.8, 4) is 11.1 Å². The van der Waals surface area contributed by atoms with Gasteiger partial charge in [-0.15, -0.1) is 0 Å². The lowest BCUT2D eigenvalue weighted by molar-refractivity contribution is -0.160. The van der Waals surface area contributed by atoms with E-state index in [1.54, 1.807) is 58.0 Å². The van der Waals surface area contributed by atoms with E-state index in [1.807, 2.05) is 0 Å². The fourth-order valence-electron chi connectivity index (χ4n) is 4.08. The Morgan fingerprint density at radius 3 is 2.45 bits per heavy atom. The molecule has 31 heavy (non-hydrogen) atoms. The third-order valence-electron chi connectivity index (χ3n) is 5.23. The van der Waals surface area contributed by atoms with Crippen molar-refractivity contribution < 1.29 is 20.1 Å². The highest BCUT2D eigenvalue weighted by Crippen LogP contribution is 2.48. The van der Waals surface area contributed by atoms with Gasteiger partial charge in [-0.25, -0.2) is 4.79 Å². The molecule has 0 fully saturated rings. The number of carboxylic acids is 1. The van der Waals surface area contributed by atoms with Crippen LogP contribution in [0.3, 0.4) is 0 Å². The van der Waals surface area contributed by atoms with Crippen molar-refractivity contribution in [2.75, 3.05) is 18.4 Å². The van der Waals surface area contributed by atoms with Gasteiger partial charge < -0.3 is 19.3 Å². The Kier molecular flexibility index (Phi) is 4.33. The van der Waals surface area contributed by atoms with Crippen LogP contribution < -0.4 is 4.90 Å². The summed E-state index contributed by atoms with van der Waals surface area (Å²) in [5.41, 5.74) is 1.89. The molecule has 1 atom stereocenters. The topological polar surface area (TPSA) is 54.7 Å². The molecule has 0 radical (unpaired) electrons. The van der Waals surface area contributed by atoms with E-state index < -0.39 is 30.7 Å². The van der Waals surface area contributed by atoms with Crippen LogP contribution in [0.4, 0.5) is 5.69 Å². The first-order valence-electron chi connectivity index (χ1n) is 11.8. The van der Waals surface area contributed by atoms with E-state index in [1.165, 1.54) is 11.9 Å². The number of aryl methyl sites for hydroxylation is 1. The van der Waals surface area contributed by atoms with E-state index in [4.69, 9.17) is 33.4 Å². The number of aliphatic carboxylic acids is 1. The number of anilines is 1. The van der Waals surface area contributed by atoms with Crippen molar-refractivity contribution in [2.24, 2.45) is 0 Å². The van der Waals surface area contributed by atoms with Crippen molar-refractivity contribution in [1.29, 1.82) is 0 Å². The van der Waals surface area contributed by atoms with Gasteiger partial charge in [-0.1, -0.05) is 35.3 Å². The lowest BCUT2D eigenvalue weighted by Crippen LogP contribution is -2.31. The molecule has 0 amide bonds. The van der Waals surface area contributed by atoms with Crippen LogP contribution in [0.2, 0.25) is 10.2 Å². The average Bonchev–Trinajstić information content (AvgIpc) is 3.07. The van der Waals surface area contributed by atoms with Crippen molar-refractivity contribution in [3.05, 3.63) is 51.6 Å². The maximum absolute atomic E-state index is 12.6. The molecule has 1 aliphatic rings. The number of hydrogen-bond donors (Lipinski definition) is 1. The van der Waals surface area contributed by atoms with Crippen LogP contribution >= 0.6 is 23.2 Å². The van der Waals surface area contributed by atoms with Crippen molar-refractivity contribution >= 4 is 45.8 Å². The summed E-state index contributed by atoms with van der Waals surface area (Å²) in [7, 11) is 1.45. The van der Waals surface area contributed by atoms with Crippen LogP contribution in [-0.4, -0.2) is 34.8 Å². The molecule has 0 aliphatic carbocycles. The first kappa shape index (κ1) is 17.4. The van der Waals surface area contributed by atoms with E-state index in [-0.39, 0.29) is 5.15 Å². The molecule has 0 saturated heterocycles. The van der Waals surface area contributed by atoms with E-state index in [0.29, 0.717) is 43.9 Å². The lowest BCUT2D eigenvalue weighted by atomic mass is 9.87. The monoisotopic (exact) mass is 464 g/mol. The molecule has 7 heteroatoms. The minimum atomic E-state index is -2.51. The van der Waals surface area contributed by atoms with E-state index in [9.17, 15) is 9.90 Å². The number of nitrogens with zero attached hydrogens (tertiary/aromatic N) is 2. The van der Waals surface area contributed by atoms with Gasteiger partial charge in [-0.2, -0.15) is 0 Å². The van der Waals surface area contributed by atoms with Crippen LogP contribution in [0.15, 0.2) is 30.3 Å². The van der Waals surface area contributed by atoms with E-state index >= 15 is 0 Å². The Bertz CT molecular complexity index is 1350. The number of aromatic nitrogens is 1. The van der Waals surface area contributed by atoms with Crippen LogP contribution in [0, 0.1) is 6.92 Å². The molecule has 1 N–H and O–H groups in total. The Morgan fingerprint density at radius 1 is 1.23 bits per heavy atom. The maximum Gasteiger partial charge on any atom is 0.337 e. The minimum absolute atomic E-state index is 0.00129. The summed E-state index contributed by atoms with van der Waals surface area (Å²) in [4.78, 5) is 13.8. The lowest BCUT2D eigenvalue weighted by Gasteiger charge is -2.34. The molecule has 5 nitrogen and oxygen atoms in total. The van der Waals surface area contributed by atoms with Crippen LogP contribution in [0.5, 0.6) is 0 Å². The highest BCUT2D eigenvalue weighted by Gasteiger charge is 2.35. The fraction of sp³-hybridized carbons (Fsp3) is 0.375. The molecule has 2 aromatic carbocycles. The number of benzene rings is 2. The number of likely N-dealkylation sites (N-methyl/N-ethyl adjacent to an activating group) is 1. The van der Waals surface area contributed by atoms with Gasteiger partial charge >= 0.3 is 5.97 Å². The normalized spacial score (nSPS) is 20.0. The SMILES string of the molecule is [2H]C1([2H])N(C)c2c(C)c([C@H](OC(C)(C)C)C(=O)O)c(-c3ccc(Cl)cc3)c3cc(Cl)n(c23)C1([2H])[2H]. The highest BCUT2D eigenvalue weighted by molar-refractivity contribution is 6.32. The van der Waals surface area contributed by atoms with Gasteiger partial charge in [0.2, 0.25) is 0 Å². The number of rotatable bonds is 4. The average molecular weight is 465 g/mol. The summed E-state index contributed by atoms with van der Waals surface area (Å²) in [6.07, 6.45) is -1.39. The molecule has 1 aliphatic heterocycles. The zero-order valence-corrected chi connectivity index (χ0v) is 19.4. The van der Waals surface area contributed by atoms with Gasteiger partial charge in [-0.3, -0.25) is 0 Å². The van der Waals surface area contributed by atoms with Gasteiger partial charge in [0.1, 0.15) is 5.15 Å². The van der Waals surface area contributed by atoms with Gasteiger partial charge in [0.05, 0.1) is 22.3 Å². The summed E-state index contributed by atoms with van der Waals surface area (Å²) in [6.45, 7) is 1.99. The number of halogens is 2. The zero-order chi connectivity index (χ0) is 26.2. The van der Waals surface area contributed by atoms with Crippen LogP contribution in [0.25, 0.3) is 22.0 Å². The Morgan fingerprint density at radius 2 is 1.87 bits per heavy atom. The number of carboxylic acid groups (broad SMARTS) is 1. The van der Waals surface area contributed by atoms with Crippen molar-refractivity contribution in [3.63, 3.8) is 0 Å². The second kappa shape index (κ2) is 7.73. The molecule has 1 aromatic heterocycles. The fourth-order valence-corrected chi connectivity index (χ4v) is 4.45. The van der Waals surface area contributed by atoms with Crippen molar-refractivity contribution in [2.45, 2.75) is 45.9 Å².